The molecule has 7 nitrogen and oxygen atoms in total. The number of unbranched alkanes of at least 4 members (excludes halogenated alkanes) is 2. The molecule has 1 aliphatic heterocycles. The molecule has 1 aliphatic rings. The van der Waals surface area contributed by atoms with Crippen LogP contribution in [-0.4, -0.2) is 38.8 Å². The molecule has 0 saturated heterocycles. The molecule has 0 aromatic heterocycles. The molecule has 28 heavy (non-hydrogen) atoms. The largest absolute Gasteiger partial charge is 0.354 e. The summed E-state index contributed by atoms with van der Waals surface area (Å²) < 4.78 is 26.5. The predicted molar refractivity (Wildman–Crippen MR) is 114 cm³/mol. The van der Waals surface area contributed by atoms with Crippen molar-refractivity contribution in [3.8, 4) is 0 Å². The van der Waals surface area contributed by atoms with Gasteiger partial charge in [-0.25, -0.2) is 8.42 Å². The van der Waals surface area contributed by atoms with Crippen molar-refractivity contribution in [3.05, 3.63) is 29.8 Å². The minimum Gasteiger partial charge on any atom is -0.354 e. The van der Waals surface area contributed by atoms with Gasteiger partial charge in [0, 0.05) is 30.6 Å². The van der Waals surface area contributed by atoms with Crippen LogP contribution in [0.25, 0.3) is 0 Å². The highest BCUT2D eigenvalue weighted by Crippen LogP contribution is 2.22. The molecule has 0 saturated carbocycles. The van der Waals surface area contributed by atoms with Crippen molar-refractivity contribution in [3.63, 3.8) is 0 Å². The third kappa shape index (κ3) is 6.46. The Morgan fingerprint density at radius 2 is 1.86 bits per heavy atom. The molecule has 0 aliphatic carbocycles. The second-order valence-electron chi connectivity index (χ2n) is 6.99. The van der Waals surface area contributed by atoms with Crippen LogP contribution in [0.4, 0.5) is 0 Å². The fraction of sp³-hybridized carbons (Fsp3) is 0.579. The Morgan fingerprint density at radius 1 is 1.18 bits per heavy atom. The van der Waals surface area contributed by atoms with E-state index in [0.717, 1.165) is 32.1 Å². The third-order valence-electron chi connectivity index (χ3n) is 5.04. The van der Waals surface area contributed by atoms with Gasteiger partial charge in [-0.3, -0.25) is 14.5 Å². The van der Waals surface area contributed by atoms with E-state index in [1.54, 1.807) is 24.3 Å². The van der Waals surface area contributed by atoms with Gasteiger partial charge in [0.05, 0.1) is 4.90 Å². The number of sulfonamides is 1. The van der Waals surface area contributed by atoms with Crippen LogP contribution in [0.2, 0.25) is 0 Å². The highest BCUT2D eigenvalue weighted by atomic mass is 35.5. The summed E-state index contributed by atoms with van der Waals surface area (Å²) in [7, 11) is -3.48. The second-order valence-corrected chi connectivity index (χ2v) is 8.64. The summed E-state index contributed by atoms with van der Waals surface area (Å²) in [6.45, 7) is 5.08. The summed E-state index contributed by atoms with van der Waals surface area (Å²) in [5, 5.41) is 2.91. The van der Waals surface area contributed by atoms with Gasteiger partial charge in [0.1, 0.15) is 5.84 Å². The normalized spacial score (nSPS) is 16.2. The smallest absolute Gasteiger partial charge is 0.263 e. The summed E-state index contributed by atoms with van der Waals surface area (Å²) >= 11 is 0. The highest BCUT2D eigenvalue weighted by molar-refractivity contribution is 7.90. The van der Waals surface area contributed by atoms with Gasteiger partial charge in [0.15, 0.2) is 0 Å². The zero-order chi connectivity index (χ0) is 19.9. The van der Waals surface area contributed by atoms with Crippen LogP contribution in [0.5, 0.6) is 0 Å². The standard InChI is InChI=1S/C19H30N4O3S.ClH/c1-3-19(20,4-2)14-22-17(24)12-6-5-9-13-21-18-15-10-7-8-11-16(15)27(25,26)23-18;/h7-8,10-11H,3-6,9,12-14,20H2,1-2H3,(H,21,23)(H,22,24);1H. The van der Waals surface area contributed by atoms with Crippen LogP contribution in [0, 0.1) is 0 Å². The van der Waals surface area contributed by atoms with Crippen molar-refractivity contribution in [2.24, 2.45) is 10.7 Å². The molecule has 9 heteroatoms. The Hall–Kier alpha value is -1.64. The number of fused-ring (bicyclic) bond motifs is 1. The zero-order valence-electron chi connectivity index (χ0n) is 16.5. The summed E-state index contributed by atoms with van der Waals surface area (Å²) in [6, 6.07) is 6.82. The molecule has 0 radical (unpaired) electrons. The number of nitrogens with zero attached hydrogens (tertiary/aromatic N) is 1. The molecule has 4 N–H and O–H groups in total. The van der Waals surface area contributed by atoms with Gasteiger partial charge >= 0.3 is 0 Å². The first-order valence-electron chi connectivity index (χ1n) is 9.53. The lowest BCUT2D eigenvalue weighted by atomic mass is 9.94. The Kier molecular flexibility index (Phi) is 9.39. The predicted octanol–water partition coefficient (Wildman–Crippen LogP) is 2.34. The number of hydrogen-bond acceptors (Lipinski definition) is 5. The lowest BCUT2D eigenvalue weighted by Gasteiger charge is -2.26. The first kappa shape index (κ1) is 24.4. The molecule has 1 amide bonds. The number of rotatable bonds is 10. The fourth-order valence-electron chi connectivity index (χ4n) is 2.88. The van der Waals surface area contributed by atoms with Crippen molar-refractivity contribution in [1.82, 2.24) is 10.0 Å². The molecule has 0 atom stereocenters. The lowest BCUT2D eigenvalue weighted by Crippen LogP contribution is -2.49. The van der Waals surface area contributed by atoms with E-state index in [-0.39, 0.29) is 28.7 Å². The van der Waals surface area contributed by atoms with Crippen LogP contribution in [-0.2, 0) is 14.8 Å². The summed E-state index contributed by atoms with van der Waals surface area (Å²) in [5.74, 6) is 0.428. The molecule has 1 aromatic carbocycles. The van der Waals surface area contributed by atoms with Gasteiger partial charge in [-0.05, 0) is 37.8 Å². The number of amides is 1. The number of carbonyl (C=O) groups excluding carboxylic acids is 1. The van der Waals surface area contributed by atoms with E-state index in [1.165, 1.54) is 0 Å². The van der Waals surface area contributed by atoms with E-state index >= 15 is 0 Å². The van der Waals surface area contributed by atoms with Crippen LogP contribution in [0.1, 0.15) is 57.9 Å². The first-order valence-corrected chi connectivity index (χ1v) is 11.0. The second kappa shape index (κ2) is 10.8. The number of nitrogens with two attached hydrogens (primary N) is 1. The van der Waals surface area contributed by atoms with Crippen LogP contribution >= 0.6 is 12.4 Å². The van der Waals surface area contributed by atoms with Crippen LogP contribution < -0.4 is 15.8 Å². The number of nitrogens with one attached hydrogen (secondary N) is 2. The molecule has 158 valence electrons. The van der Waals surface area contributed by atoms with E-state index in [9.17, 15) is 13.2 Å². The maximum Gasteiger partial charge on any atom is 0.263 e. The minimum absolute atomic E-state index is 0. The SMILES string of the molecule is CCC(N)(CC)CNC(=O)CCCCCN=C1NS(=O)(=O)c2ccccc21.Cl. The molecular formula is C19H31ClN4O3S. The Morgan fingerprint density at radius 3 is 2.54 bits per heavy atom. The monoisotopic (exact) mass is 430 g/mol. The quantitative estimate of drug-likeness (QED) is 0.494. The summed E-state index contributed by atoms with van der Waals surface area (Å²) in [6.07, 6.45) is 4.55. The molecule has 0 unspecified atom stereocenters. The van der Waals surface area contributed by atoms with Crippen molar-refractivity contribution < 1.29 is 13.2 Å². The van der Waals surface area contributed by atoms with Gasteiger partial charge in [-0.1, -0.05) is 32.4 Å². The number of benzene rings is 1. The summed E-state index contributed by atoms with van der Waals surface area (Å²) in [5.41, 5.74) is 6.47. The average Bonchev–Trinajstić information content (AvgIpc) is 2.93. The molecule has 1 heterocycles. The molecule has 2 rings (SSSR count). The maximum absolute atomic E-state index is 12.0. The Labute approximate surface area is 174 Å². The summed E-state index contributed by atoms with van der Waals surface area (Å²) in [4.78, 5) is 16.6. The number of hydrogen-bond donors (Lipinski definition) is 3. The number of halogens is 1. The minimum atomic E-state index is -3.48. The molecule has 1 aromatic rings. The van der Waals surface area contributed by atoms with Crippen LogP contribution in [0.3, 0.4) is 0 Å². The van der Waals surface area contributed by atoms with E-state index < -0.39 is 10.0 Å². The van der Waals surface area contributed by atoms with E-state index in [2.05, 4.69) is 15.0 Å². The Balaban J connectivity index is 0.00000392. The van der Waals surface area contributed by atoms with E-state index in [4.69, 9.17) is 5.73 Å². The van der Waals surface area contributed by atoms with Gasteiger partial charge in [-0.15, -0.1) is 12.4 Å². The van der Waals surface area contributed by atoms with Gasteiger partial charge < -0.3 is 11.1 Å². The van der Waals surface area contributed by atoms with Crippen molar-refractivity contribution >= 4 is 34.2 Å². The average molecular weight is 431 g/mol. The third-order valence-corrected chi connectivity index (χ3v) is 6.44. The topological polar surface area (TPSA) is 114 Å². The molecule has 0 fully saturated rings. The van der Waals surface area contributed by atoms with E-state index in [0.29, 0.717) is 30.9 Å². The molecule has 0 bridgehead atoms. The zero-order valence-corrected chi connectivity index (χ0v) is 18.2. The van der Waals surface area contributed by atoms with Gasteiger partial charge in [0.2, 0.25) is 5.91 Å². The molecule has 0 spiro atoms. The van der Waals surface area contributed by atoms with Crippen LogP contribution in [0.15, 0.2) is 34.2 Å². The molecular weight excluding hydrogens is 400 g/mol. The highest BCUT2D eigenvalue weighted by Gasteiger charge is 2.29. The van der Waals surface area contributed by atoms with Crippen molar-refractivity contribution in [2.75, 3.05) is 13.1 Å². The van der Waals surface area contributed by atoms with E-state index in [1.807, 2.05) is 13.8 Å². The number of carbonyl (C=O) groups is 1. The lowest BCUT2D eigenvalue weighted by molar-refractivity contribution is -0.121. The van der Waals surface area contributed by atoms with Gasteiger partial charge in [0.25, 0.3) is 10.0 Å². The first-order chi connectivity index (χ1) is 12.8. The van der Waals surface area contributed by atoms with Gasteiger partial charge in [-0.2, -0.15) is 0 Å². The number of amidine groups is 1. The van der Waals surface area contributed by atoms with Crippen molar-refractivity contribution in [1.29, 1.82) is 0 Å². The maximum atomic E-state index is 12.0. The fourth-order valence-corrected chi connectivity index (χ4v) is 4.13. The Bertz CT molecular complexity index is 792. The van der Waals surface area contributed by atoms with Crippen molar-refractivity contribution in [2.45, 2.75) is 62.8 Å². The number of aliphatic imine (C=N–C) groups is 1.